The summed E-state index contributed by atoms with van der Waals surface area (Å²) in [4.78, 5) is 23.9. The van der Waals surface area contributed by atoms with Crippen molar-refractivity contribution in [2.45, 2.75) is 25.3 Å². The Labute approximate surface area is 94.2 Å². The van der Waals surface area contributed by atoms with Gasteiger partial charge >= 0.3 is 5.97 Å². The maximum absolute atomic E-state index is 11.7. The monoisotopic (exact) mass is 249 g/mol. The van der Waals surface area contributed by atoms with Crippen molar-refractivity contribution in [1.82, 2.24) is 4.90 Å². The Morgan fingerprint density at radius 2 is 2.00 bits per heavy atom. The van der Waals surface area contributed by atoms with Crippen molar-refractivity contribution in [1.29, 1.82) is 0 Å². The van der Waals surface area contributed by atoms with Gasteiger partial charge in [-0.3, -0.25) is 4.79 Å². The first-order chi connectivity index (χ1) is 7.17. The molecule has 0 aromatic heterocycles. The molecule has 1 aliphatic rings. The predicted octanol–water partition coefficient (Wildman–Crippen LogP) is -0.503. The average Bonchev–Trinajstić information content (AvgIpc) is 2.45. The Morgan fingerprint density at radius 1 is 1.44 bits per heavy atom. The van der Waals surface area contributed by atoms with Crippen LogP contribution in [-0.2, 0) is 19.4 Å². The third-order valence-electron chi connectivity index (χ3n) is 2.79. The maximum Gasteiger partial charge on any atom is 0.329 e. The summed E-state index contributed by atoms with van der Waals surface area (Å²) in [6, 6.07) is 0. The topological polar surface area (TPSA) is 91.8 Å². The van der Waals surface area contributed by atoms with Gasteiger partial charge in [0.25, 0.3) is 0 Å². The van der Waals surface area contributed by atoms with E-state index in [4.69, 9.17) is 5.11 Å². The number of hydrogen-bond acceptors (Lipinski definition) is 4. The van der Waals surface area contributed by atoms with Crippen molar-refractivity contribution < 1.29 is 23.1 Å². The lowest BCUT2D eigenvalue weighted by atomic mass is 9.99. The first-order valence-electron chi connectivity index (χ1n) is 4.88. The molecule has 0 spiro atoms. The largest absolute Gasteiger partial charge is 0.480 e. The number of hydrogen-bond donors (Lipinski definition) is 1. The summed E-state index contributed by atoms with van der Waals surface area (Å²) < 4.78 is 22.0. The Bertz CT molecular complexity index is 416. The summed E-state index contributed by atoms with van der Waals surface area (Å²) in [5, 5.41) is 9.05. The van der Waals surface area contributed by atoms with Gasteiger partial charge in [-0.2, -0.15) is 0 Å². The van der Waals surface area contributed by atoms with Gasteiger partial charge in [-0.25, -0.2) is 13.2 Å². The van der Waals surface area contributed by atoms with E-state index in [0.29, 0.717) is 19.4 Å². The van der Waals surface area contributed by atoms with Gasteiger partial charge < -0.3 is 10.0 Å². The summed E-state index contributed by atoms with van der Waals surface area (Å²) in [6.45, 7) is 1.75. The van der Waals surface area contributed by atoms with Gasteiger partial charge in [0, 0.05) is 12.8 Å². The summed E-state index contributed by atoms with van der Waals surface area (Å²) >= 11 is 0. The molecule has 1 fully saturated rings. The van der Waals surface area contributed by atoms with Crippen molar-refractivity contribution in [2.75, 3.05) is 18.6 Å². The molecule has 0 bridgehead atoms. The lowest BCUT2D eigenvalue weighted by Gasteiger charge is -2.30. The van der Waals surface area contributed by atoms with E-state index in [2.05, 4.69) is 0 Å². The zero-order chi connectivity index (χ0) is 12.6. The number of likely N-dealkylation sites (tertiary alicyclic amines) is 1. The quantitative estimate of drug-likeness (QED) is 0.727. The fourth-order valence-electron chi connectivity index (χ4n) is 1.89. The number of carboxylic acid groups (broad SMARTS) is 1. The summed E-state index contributed by atoms with van der Waals surface area (Å²) in [7, 11) is -3.42. The molecule has 1 amide bonds. The Balaban J connectivity index is 2.88. The molecule has 0 aromatic rings. The molecule has 0 saturated carbocycles. The standard InChI is InChI=1S/C9H15NO5S/c1-9(8(12)13)4-3-5-10(9)7(11)6-16(2,14)15/h3-6H2,1-2H3,(H,12,13). The van der Waals surface area contributed by atoms with Crippen LogP contribution in [0.1, 0.15) is 19.8 Å². The van der Waals surface area contributed by atoms with Crippen LogP contribution in [0.25, 0.3) is 0 Å². The highest BCUT2D eigenvalue weighted by molar-refractivity contribution is 7.91. The smallest absolute Gasteiger partial charge is 0.329 e. The molecule has 1 atom stereocenters. The van der Waals surface area contributed by atoms with E-state index in [1.54, 1.807) is 0 Å². The van der Waals surface area contributed by atoms with E-state index in [0.717, 1.165) is 11.2 Å². The molecule has 1 N–H and O–H groups in total. The van der Waals surface area contributed by atoms with Crippen LogP contribution in [0.2, 0.25) is 0 Å². The second-order valence-electron chi connectivity index (χ2n) is 4.30. The first-order valence-corrected chi connectivity index (χ1v) is 6.94. The molecular formula is C9H15NO5S. The van der Waals surface area contributed by atoms with Crippen molar-refractivity contribution in [3.05, 3.63) is 0 Å². The van der Waals surface area contributed by atoms with Gasteiger partial charge in [-0.15, -0.1) is 0 Å². The number of carboxylic acids is 1. The minimum atomic E-state index is -3.42. The van der Waals surface area contributed by atoms with Crippen LogP contribution in [-0.4, -0.2) is 54.4 Å². The van der Waals surface area contributed by atoms with Crippen LogP contribution in [0, 0.1) is 0 Å². The number of nitrogens with zero attached hydrogens (tertiary/aromatic N) is 1. The van der Waals surface area contributed by atoms with Gasteiger partial charge in [-0.05, 0) is 19.8 Å². The first kappa shape index (κ1) is 13.0. The lowest BCUT2D eigenvalue weighted by molar-refractivity contribution is -0.154. The van der Waals surface area contributed by atoms with E-state index in [1.807, 2.05) is 0 Å². The van der Waals surface area contributed by atoms with E-state index >= 15 is 0 Å². The van der Waals surface area contributed by atoms with E-state index in [1.165, 1.54) is 6.92 Å². The highest BCUT2D eigenvalue weighted by Gasteiger charge is 2.46. The van der Waals surface area contributed by atoms with Gasteiger partial charge in [0.2, 0.25) is 5.91 Å². The Morgan fingerprint density at radius 3 is 2.44 bits per heavy atom. The number of carbonyl (C=O) groups is 2. The third kappa shape index (κ3) is 2.52. The molecule has 16 heavy (non-hydrogen) atoms. The molecule has 1 saturated heterocycles. The SMILES string of the molecule is CC1(C(=O)O)CCCN1C(=O)CS(C)(=O)=O. The summed E-state index contributed by atoms with van der Waals surface area (Å²) in [6.07, 6.45) is 1.90. The average molecular weight is 249 g/mol. The number of carbonyl (C=O) groups excluding carboxylic acids is 1. The summed E-state index contributed by atoms with van der Waals surface area (Å²) in [5.41, 5.74) is -1.26. The third-order valence-corrected chi connectivity index (χ3v) is 3.56. The second kappa shape index (κ2) is 4.04. The molecular weight excluding hydrogens is 234 g/mol. The van der Waals surface area contributed by atoms with Crippen molar-refractivity contribution in [3.8, 4) is 0 Å². The summed E-state index contributed by atoms with van der Waals surface area (Å²) in [5.74, 6) is -2.35. The minimum absolute atomic E-state index is 0.303. The van der Waals surface area contributed by atoms with Crippen LogP contribution >= 0.6 is 0 Å². The molecule has 1 rings (SSSR count). The second-order valence-corrected chi connectivity index (χ2v) is 6.44. The number of rotatable bonds is 3. The zero-order valence-electron chi connectivity index (χ0n) is 9.26. The fourth-order valence-corrected chi connectivity index (χ4v) is 2.49. The molecule has 1 heterocycles. The number of sulfone groups is 1. The lowest BCUT2D eigenvalue weighted by Crippen LogP contribution is -2.52. The van der Waals surface area contributed by atoms with Gasteiger partial charge in [0.15, 0.2) is 9.84 Å². The van der Waals surface area contributed by atoms with Crippen LogP contribution in [0.3, 0.4) is 0 Å². The van der Waals surface area contributed by atoms with Crippen molar-refractivity contribution >= 4 is 21.7 Å². The molecule has 7 heteroatoms. The van der Waals surface area contributed by atoms with Crippen LogP contribution in [0.15, 0.2) is 0 Å². The van der Waals surface area contributed by atoms with E-state index in [-0.39, 0.29) is 0 Å². The molecule has 0 radical (unpaired) electrons. The Kier molecular flexibility index (Phi) is 3.27. The van der Waals surface area contributed by atoms with E-state index in [9.17, 15) is 18.0 Å². The highest BCUT2D eigenvalue weighted by atomic mass is 32.2. The van der Waals surface area contributed by atoms with Gasteiger partial charge in [0.05, 0.1) is 0 Å². The Hall–Kier alpha value is -1.11. The van der Waals surface area contributed by atoms with Crippen molar-refractivity contribution in [3.63, 3.8) is 0 Å². The van der Waals surface area contributed by atoms with Crippen molar-refractivity contribution in [2.24, 2.45) is 0 Å². The fraction of sp³-hybridized carbons (Fsp3) is 0.778. The molecule has 92 valence electrons. The van der Waals surface area contributed by atoms with E-state index < -0.39 is 33.0 Å². The molecule has 0 aliphatic carbocycles. The normalized spacial score (nSPS) is 25.8. The molecule has 0 aromatic carbocycles. The molecule has 1 unspecified atom stereocenters. The van der Waals surface area contributed by atoms with Crippen LogP contribution < -0.4 is 0 Å². The maximum atomic E-state index is 11.7. The number of aliphatic carboxylic acids is 1. The zero-order valence-corrected chi connectivity index (χ0v) is 10.1. The predicted molar refractivity (Wildman–Crippen MR) is 56.7 cm³/mol. The number of amides is 1. The molecule has 6 nitrogen and oxygen atoms in total. The van der Waals surface area contributed by atoms with Crippen LogP contribution in [0.5, 0.6) is 0 Å². The van der Waals surface area contributed by atoms with Crippen LogP contribution in [0.4, 0.5) is 0 Å². The van der Waals surface area contributed by atoms with Gasteiger partial charge in [0.1, 0.15) is 11.3 Å². The van der Waals surface area contributed by atoms with Gasteiger partial charge in [-0.1, -0.05) is 0 Å². The minimum Gasteiger partial charge on any atom is -0.480 e. The highest BCUT2D eigenvalue weighted by Crippen LogP contribution is 2.29. The molecule has 1 aliphatic heterocycles.